The third kappa shape index (κ3) is 24.8. The Hall–Kier alpha value is -15.1. The fourth-order valence-corrected chi connectivity index (χ4v) is 18.3. The molecular weight excluding hydrogens is 1990 g/mol. The van der Waals surface area contributed by atoms with Crippen LogP contribution in [0.5, 0.6) is 0 Å². The second-order valence-corrected chi connectivity index (χ2v) is 38.4. The van der Waals surface area contributed by atoms with Crippen LogP contribution in [0.15, 0.2) is 184 Å². The van der Waals surface area contributed by atoms with Gasteiger partial charge in [0.2, 0.25) is 31.9 Å². The van der Waals surface area contributed by atoms with Crippen LogP contribution in [0.4, 0.5) is 80.3 Å². The van der Waals surface area contributed by atoms with Gasteiger partial charge in [-0.05, 0) is 142 Å². The van der Waals surface area contributed by atoms with Crippen molar-refractivity contribution < 1.29 is 93.0 Å². The lowest BCUT2D eigenvalue weighted by molar-refractivity contribution is -0.142. The van der Waals surface area contributed by atoms with Gasteiger partial charge in [0.25, 0.3) is 12.9 Å². The summed E-state index contributed by atoms with van der Waals surface area (Å²) in [4.78, 5) is 86.3. The normalized spacial score (nSPS) is 17.7. The molecule has 0 spiro atoms. The van der Waals surface area contributed by atoms with E-state index in [1.165, 1.54) is 91.8 Å². The molecule has 21 heterocycles. The lowest BCUT2D eigenvalue weighted by atomic mass is 9.90. The van der Waals surface area contributed by atoms with Crippen LogP contribution in [-0.2, 0) is 57.6 Å². The number of aromatic amines is 1. The molecule has 40 nitrogen and oxygen atoms in total. The van der Waals surface area contributed by atoms with Crippen molar-refractivity contribution >= 4 is 83.4 Å². The number of hydrogen-bond acceptors (Lipinski definition) is 30. The topological polar surface area (TPSA) is 434 Å². The maximum Gasteiger partial charge on any atom is 0.435 e. The summed E-state index contributed by atoms with van der Waals surface area (Å²) in [6.45, 7) is 13.4. The van der Waals surface area contributed by atoms with E-state index in [4.69, 9.17) is 9.47 Å². The lowest BCUT2D eigenvalue weighted by Crippen LogP contribution is -2.48. The van der Waals surface area contributed by atoms with Gasteiger partial charge in [0, 0.05) is 170 Å². The molecule has 0 bridgehead atoms. The van der Waals surface area contributed by atoms with Gasteiger partial charge in [-0.15, -0.1) is 0 Å². The summed E-state index contributed by atoms with van der Waals surface area (Å²) in [6.07, 6.45) is 5.14. The van der Waals surface area contributed by atoms with Crippen molar-refractivity contribution in [3.05, 3.63) is 224 Å². The molecule has 21 rings (SSSR count). The summed E-state index contributed by atoms with van der Waals surface area (Å²) < 4.78 is 238. The quantitative estimate of drug-likeness (QED) is 0.0633. The number of halogens is 13. The molecule has 0 radical (unpaired) electrons. The number of amides is 2. The van der Waals surface area contributed by atoms with Gasteiger partial charge >= 0.3 is 18.5 Å². The van der Waals surface area contributed by atoms with E-state index in [0.717, 1.165) is 85.3 Å². The van der Waals surface area contributed by atoms with Crippen molar-refractivity contribution in [1.82, 2.24) is 137 Å². The second-order valence-electron chi connectivity index (χ2n) is 34.8. The van der Waals surface area contributed by atoms with Crippen molar-refractivity contribution in [2.75, 3.05) is 130 Å². The molecule has 147 heavy (non-hydrogen) atoms. The SMILES string of the molecule is CC(=O)N1CCCC(c2cc(-c3cnc4ccc(C(F)F)nn34)ncn2)C1.CC(=O)N1CCN(c2cc(-c3cnc4ccc(C(F)(F)F)nn34)ccn2)CC1.CC1C(CNS(C)(=O)=O)CCCN1c1cc(-c2cnc3ccc(C(F)F)nn23)ncn1.CS(=O)(=O)NC[C@@H]1CN(c2cc(-c3cnc4ccc(C(F)(F)F)nn34)ccn2)CCO1.FC(F)(F)c1ccc2ncc(-c3ccnc(N4CCOC(c5cn[nH]c5)C4)c3)n2n1. The predicted molar refractivity (Wildman–Crippen MR) is 507 cm³/mol. The van der Waals surface area contributed by atoms with E-state index in [-0.39, 0.29) is 59.8 Å². The van der Waals surface area contributed by atoms with E-state index in [2.05, 4.69) is 115 Å². The van der Waals surface area contributed by atoms with Crippen LogP contribution in [0.2, 0.25) is 0 Å². The summed E-state index contributed by atoms with van der Waals surface area (Å²) in [5.41, 5.74) is 5.34. The molecule has 16 aromatic rings. The molecule has 5 fully saturated rings. The molecule has 5 saturated heterocycles. The molecule has 4 unspecified atom stereocenters. The molecule has 5 aliphatic heterocycles. The van der Waals surface area contributed by atoms with Crippen LogP contribution in [0.25, 0.3) is 84.8 Å². The number of likely N-dealkylation sites (tertiary alicyclic amines) is 1. The number of hydrogen-bond donors (Lipinski definition) is 3. The number of anilines is 4. The summed E-state index contributed by atoms with van der Waals surface area (Å²) in [5, 5.41) is 25.8. The molecule has 0 saturated carbocycles. The molecule has 5 atom stereocenters. The Balaban J connectivity index is 0.000000126. The monoisotopic (exact) mass is 2080 g/mol. The number of morpholine rings is 2. The highest BCUT2D eigenvalue weighted by Crippen LogP contribution is 2.38. The lowest BCUT2D eigenvalue weighted by Gasteiger charge is -2.40. The number of imidazole rings is 5. The van der Waals surface area contributed by atoms with Crippen LogP contribution in [-0.4, -0.2) is 279 Å². The standard InChI is InChI=1S/C19H16F3N7O.C19H23F2N7O2S.C18H19F3N6O3S.C18H17F3N6O.C18H18F2N6O/c20-19(21,22)16-1-2-17-24-10-14(29(17)27-16)12-3-4-23-18(7-12)28-5-6-30-15(11-28)13-8-25-26-9-13;1-12-13(9-25-31(2,29)30)4-3-7-27(12)18-8-15(23-11-24-18)16-10-22-17-6-5-14(19(20)21)26-28(16)17;1-31(28,29)24-9-13-11-26(6-7-30-13)17-8-12(4-5-22-17)14-10-23-16-3-2-15(18(19,20)21)25-27(14)16;1-12(28)25-6-8-26(9-7-25)17-10-13(4-5-22-17)14-11-23-16-3-2-15(18(19,20)21)24-27(14)16;1-11(27)25-6-2-3-12(9-25)14-7-15(23-10-22-14)16-8-21-17-5-4-13(18(19)20)24-26(16)17/h1-4,7-10,15H,5-6,11H2,(H,25,26);5-6,8,10-13,19,25H,3-4,7,9H2,1-2H3;2-5,8,10,13,24H,6-7,9,11H2,1H3;2-5,10-11H,6-9H2,1H3;4-5,7-8,10,12,18H,2-3,6,9H2,1H3/t;;13-;;/m..1../s1. The minimum atomic E-state index is -4.57. The van der Waals surface area contributed by atoms with Gasteiger partial charge in [0.15, 0.2) is 45.3 Å². The van der Waals surface area contributed by atoms with Gasteiger partial charge in [0.1, 0.15) is 64.8 Å². The van der Waals surface area contributed by atoms with Gasteiger partial charge in [-0.3, -0.25) is 14.7 Å². The van der Waals surface area contributed by atoms with Gasteiger partial charge in [0.05, 0.1) is 97.5 Å². The first kappa shape index (κ1) is 103. The molecule has 0 aliphatic carbocycles. The Bertz CT molecular complexity index is 7620. The Kier molecular flexibility index (Phi) is 30.7. The smallest absolute Gasteiger partial charge is 0.373 e. The predicted octanol–water partition coefficient (Wildman–Crippen LogP) is 12.3. The zero-order chi connectivity index (χ0) is 104. The van der Waals surface area contributed by atoms with E-state index >= 15 is 0 Å². The minimum absolute atomic E-state index is 0.0404. The van der Waals surface area contributed by atoms with Crippen LogP contribution in [0, 0.1) is 5.92 Å². The molecule has 5 aliphatic rings. The number of ether oxygens (including phenoxy) is 2. The first-order valence-corrected chi connectivity index (χ1v) is 49.6. The number of carbonyl (C=O) groups excluding carboxylic acids is 2. The number of nitrogens with zero attached hydrogens (tertiary/aromatic N) is 29. The first-order chi connectivity index (χ1) is 70.2. The van der Waals surface area contributed by atoms with Crippen LogP contribution >= 0.6 is 0 Å². The molecule has 55 heteroatoms. The zero-order valence-corrected chi connectivity index (χ0v) is 80.4. The largest absolute Gasteiger partial charge is 0.435 e. The number of piperazine rings is 1. The van der Waals surface area contributed by atoms with Crippen LogP contribution in [0.3, 0.4) is 0 Å². The summed E-state index contributed by atoms with van der Waals surface area (Å²) in [5.74, 6) is 3.02. The average molecular weight is 2090 g/mol. The Morgan fingerprint density at radius 1 is 0.435 bits per heavy atom. The zero-order valence-electron chi connectivity index (χ0n) is 78.8. The van der Waals surface area contributed by atoms with Gasteiger partial charge in [-0.25, -0.2) is 126 Å². The number of rotatable bonds is 19. The summed E-state index contributed by atoms with van der Waals surface area (Å²) in [7, 11) is -6.60. The van der Waals surface area contributed by atoms with Crippen molar-refractivity contribution in [2.45, 2.75) is 102 Å². The Morgan fingerprint density at radius 3 is 1.33 bits per heavy atom. The molecule has 772 valence electrons. The summed E-state index contributed by atoms with van der Waals surface area (Å²) >= 11 is 0. The van der Waals surface area contributed by atoms with E-state index in [1.807, 2.05) is 33.8 Å². The third-order valence-electron chi connectivity index (χ3n) is 24.9. The van der Waals surface area contributed by atoms with Gasteiger partial charge < -0.3 is 38.9 Å². The molecule has 3 N–H and O–H groups in total. The minimum Gasteiger partial charge on any atom is -0.373 e. The van der Waals surface area contributed by atoms with E-state index in [9.17, 15) is 83.5 Å². The maximum atomic E-state index is 13.1. The highest BCUT2D eigenvalue weighted by molar-refractivity contribution is 7.89. The Labute approximate surface area is 828 Å². The fraction of sp³-hybridized carbons (Fsp3) is 0.370. The number of sulfonamides is 2. The maximum absolute atomic E-state index is 13.1. The van der Waals surface area contributed by atoms with Gasteiger partial charge in [-0.1, -0.05) is 0 Å². The average Bonchev–Trinajstić information content (AvgIpc) is 1.66. The highest BCUT2D eigenvalue weighted by Gasteiger charge is 2.38. The summed E-state index contributed by atoms with van der Waals surface area (Å²) in [6, 6.07) is 26.2. The number of H-pyrrole nitrogens is 1. The van der Waals surface area contributed by atoms with E-state index in [1.54, 1.807) is 98.5 Å². The molecule has 0 aromatic carbocycles. The number of carbonyl (C=O) groups is 2. The van der Waals surface area contributed by atoms with Crippen molar-refractivity contribution in [1.29, 1.82) is 0 Å². The van der Waals surface area contributed by atoms with E-state index in [0.29, 0.717) is 187 Å². The fourth-order valence-electron chi connectivity index (χ4n) is 17.3. The van der Waals surface area contributed by atoms with Crippen molar-refractivity contribution in [3.63, 3.8) is 0 Å². The van der Waals surface area contributed by atoms with Crippen LogP contribution in [0.1, 0.15) is 111 Å². The number of nitrogens with one attached hydrogen (secondary N) is 3. The van der Waals surface area contributed by atoms with E-state index < -0.39 is 68.5 Å². The number of alkyl halides is 13. The number of pyridine rings is 3. The van der Waals surface area contributed by atoms with Gasteiger partial charge in [-0.2, -0.15) is 70.1 Å². The van der Waals surface area contributed by atoms with Crippen molar-refractivity contribution in [3.8, 4) is 56.5 Å². The second kappa shape index (κ2) is 43.7. The third-order valence-corrected chi connectivity index (χ3v) is 26.2. The molecular formula is C92H93F13N32O8S2. The number of fused-ring (bicyclic) bond motifs is 5. The number of piperidine rings is 2. The molecule has 16 aromatic heterocycles. The Morgan fingerprint density at radius 2 is 0.871 bits per heavy atom. The van der Waals surface area contributed by atoms with Crippen molar-refractivity contribution in [2.24, 2.45) is 5.92 Å². The first-order valence-electron chi connectivity index (χ1n) is 45.9. The number of aromatic nitrogens is 24. The highest BCUT2D eigenvalue weighted by atomic mass is 32.2. The molecule has 2 amide bonds. The van der Waals surface area contributed by atoms with Crippen LogP contribution < -0.4 is 29.0 Å².